The molecule has 0 bridgehead atoms. The van der Waals surface area contributed by atoms with E-state index in [1.54, 1.807) is 24.3 Å². The van der Waals surface area contributed by atoms with Crippen molar-refractivity contribution in [1.82, 2.24) is 0 Å². The highest BCUT2D eigenvalue weighted by molar-refractivity contribution is 6.02. The maximum atomic E-state index is 14.6. The summed E-state index contributed by atoms with van der Waals surface area (Å²) in [4.78, 5) is 18.8. The van der Waals surface area contributed by atoms with Gasteiger partial charge in [0.2, 0.25) is 5.69 Å². The second-order valence-corrected chi connectivity index (χ2v) is 5.62. The Morgan fingerprint density at radius 3 is 2.72 bits per heavy atom. The van der Waals surface area contributed by atoms with Crippen molar-refractivity contribution in [3.05, 3.63) is 82.0 Å². The number of aliphatic imine (C=N–C) groups is 1. The molecule has 124 valence electrons. The van der Waals surface area contributed by atoms with Crippen LogP contribution in [-0.4, -0.2) is 11.9 Å². The first-order chi connectivity index (χ1) is 12.0. The molecule has 2 aromatic rings. The molecule has 1 amide bonds. The Labute approximate surface area is 144 Å². The summed E-state index contributed by atoms with van der Waals surface area (Å²) in [6, 6.07) is 9.87. The fourth-order valence-electron chi connectivity index (χ4n) is 2.91. The molecule has 0 atom stereocenters. The van der Waals surface area contributed by atoms with Gasteiger partial charge in [0.25, 0.3) is 5.91 Å². The summed E-state index contributed by atoms with van der Waals surface area (Å²) in [7, 11) is 0. The summed E-state index contributed by atoms with van der Waals surface area (Å²) in [6.07, 6.45) is 3.47. The Hall–Kier alpha value is -3.46. The third-order valence-corrected chi connectivity index (χ3v) is 4.03. The minimum atomic E-state index is -0.558. The fraction of sp³-hybridized carbons (Fsp3) is 0.105. The molecule has 5 nitrogen and oxygen atoms in total. The van der Waals surface area contributed by atoms with Crippen molar-refractivity contribution < 1.29 is 9.18 Å². The van der Waals surface area contributed by atoms with E-state index in [1.165, 1.54) is 6.07 Å². The number of carbonyl (C=O) groups is 1. The average molecular weight is 334 g/mol. The zero-order valence-corrected chi connectivity index (χ0v) is 13.3. The highest BCUT2D eigenvalue weighted by Gasteiger charge is 2.20. The van der Waals surface area contributed by atoms with Crippen LogP contribution in [0.5, 0.6) is 0 Å². The largest absolute Gasteiger partial charge is 0.370 e. The standard InChI is InChI=1S/C19H15FN4O/c1-23-16-7-3-6-14(17(16)20)13-5-2-4-11-8-9-12(10-15(11)13)18(25)24-19(21)22/h3,5-10H,2,4H2,(H4,21,22,24,25). The van der Waals surface area contributed by atoms with Crippen LogP contribution in [0.15, 0.2) is 47.5 Å². The van der Waals surface area contributed by atoms with Gasteiger partial charge in [0.1, 0.15) is 5.82 Å². The Balaban J connectivity index is 2.12. The molecule has 1 aliphatic carbocycles. The summed E-state index contributed by atoms with van der Waals surface area (Å²) in [5, 5.41) is 0. The number of allylic oxidation sites excluding steroid dienone is 1. The number of carbonyl (C=O) groups excluding carboxylic acids is 1. The predicted molar refractivity (Wildman–Crippen MR) is 94.6 cm³/mol. The fourth-order valence-corrected chi connectivity index (χ4v) is 2.91. The monoisotopic (exact) mass is 334 g/mol. The van der Waals surface area contributed by atoms with Crippen molar-refractivity contribution in [1.29, 1.82) is 0 Å². The first-order valence-corrected chi connectivity index (χ1v) is 7.65. The minimum Gasteiger partial charge on any atom is -0.370 e. The molecule has 0 fully saturated rings. The Morgan fingerprint density at radius 2 is 2.00 bits per heavy atom. The van der Waals surface area contributed by atoms with Gasteiger partial charge in [-0.15, -0.1) is 0 Å². The van der Waals surface area contributed by atoms with Crippen LogP contribution in [0.4, 0.5) is 10.1 Å². The van der Waals surface area contributed by atoms with Gasteiger partial charge in [-0.1, -0.05) is 30.3 Å². The molecule has 1 aliphatic rings. The van der Waals surface area contributed by atoms with Gasteiger partial charge in [0.05, 0.1) is 6.57 Å². The van der Waals surface area contributed by atoms with Crippen LogP contribution in [0.3, 0.4) is 0 Å². The van der Waals surface area contributed by atoms with Crippen LogP contribution in [-0.2, 0) is 6.42 Å². The van der Waals surface area contributed by atoms with E-state index in [1.807, 2.05) is 12.1 Å². The Bertz CT molecular complexity index is 966. The van der Waals surface area contributed by atoms with Gasteiger partial charge >= 0.3 is 0 Å². The molecule has 0 aliphatic heterocycles. The third-order valence-electron chi connectivity index (χ3n) is 4.03. The molecule has 0 aromatic heterocycles. The number of fused-ring (bicyclic) bond motifs is 1. The van der Waals surface area contributed by atoms with Crippen LogP contribution in [0.1, 0.15) is 33.5 Å². The second kappa shape index (κ2) is 6.57. The van der Waals surface area contributed by atoms with E-state index < -0.39 is 11.7 Å². The lowest BCUT2D eigenvalue weighted by molar-refractivity contribution is 0.100. The van der Waals surface area contributed by atoms with Gasteiger partial charge in [-0.2, -0.15) is 4.99 Å². The maximum absolute atomic E-state index is 14.6. The molecule has 0 radical (unpaired) electrons. The quantitative estimate of drug-likeness (QED) is 0.502. The van der Waals surface area contributed by atoms with Crippen molar-refractivity contribution in [3.63, 3.8) is 0 Å². The van der Waals surface area contributed by atoms with Crippen LogP contribution < -0.4 is 11.5 Å². The zero-order valence-electron chi connectivity index (χ0n) is 13.3. The number of halogens is 1. The lowest BCUT2D eigenvalue weighted by Gasteiger charge is -2.19. The van der Waals surface area contributed by atoms with E-state index in [4.69, 9.17) is 18.0 Å². The van der Waals surface area contributed by atoms with Gasteiger partial charge < -0.3 is 11.5 Å². The van der Waals surface area contributed by atoms with Gasteiger partial charge in [-0.25, -0.2) is 9.24 Å². The van der Waals surface area contributed by atoms with Crippen LogP contribution >= 0.6 is 0 Å². The van der Waals surface area contributed by atoms with Gasteiger partial charge in [-0.05, 0) is 41.7 Å². The Morgan fingerprint density at radius 1 is 1.20 bits per heavy atom. The van der Waals surface area contributed by atoms with E-state index >= 15 is 0 Å². The van der Waals surface area contributed by atoms with E-state index in [0.29, 0.717) is 16.7 Å². The highest BCUT2D eigenvalue weighted by atomic mass is 19.1. The molecular formula is C19H15FN4O. The average Bonchev–Trinajstić information content (AvgIpc) is 2.60. The van der Waals surface area contributed by atoms with E-state index in [9.17, 15) is 9.18 Å². The minimum absolute atomic E-state index is 0.0294. The molecule has 2 aromatic carbocycles. The van der Waals surface area contributed by atoms with Crippen LogP contribution in [0, 0.1) is 12.4 Å². The Kier molecular flexibility index (Phi) is 4.31. The van der Waals surface area contributed by atoms with Crippen LogP contribution in [0.25, 0.3) is 10.4 Å². The first kappa shape index (κ1) is 16.4. The van der Waals surface area contributed by atoms with Crippen molar-refractivity contribution in [2.24, 2.45) is 16.5 Å². The number of nitrogens with zero attached hydrogens (tertiary/aromatic N) is 2. The zero-order chi connectivity index (χ0) is 18.0. The topological polar surface area (TPSA) is 85.8 Å². The van der Waals surface area contributed by atoms with E-state index in [0.717, 1.165) is 24.0 Å². The molecule has 3 rings (SSSR count). The summed E-state index contributed by atoms with van der Waals surface area (Å²) >= 11 is 0. The van der Waals surface area contributed by atoms with Gasteiger partial charge in [0.15, 0.2) is 5.96 Å². The summed E-state index contributed by atoms with van der Waals surface area (Å²) in [5.41, 5.74) is 13.6. The molecule has 6 heteroatoms. The molecule has 0 saturated carbocycles. The third kappa shape index (κ3) is 3.12. The van der Waals surface area contributed by atoms with E-state index in [-0.39, 0.29) is 11.6 Å². The SMILES string of the molecule is [C-]#[N+]c1cccc(C2=CCCc3ccc(C(=O)N=C(N)N)cc32)c1F. The summed E-state index contributed by atoms with van der Waals surface area (Å²) in [6.45, 7) is 7.08. The van der Waals surface area contributed by atoms with Crippen molar-refractivity contribution in [3.8, 4) is 0 Å². The molecule has 4 N–H and O–H groups in total. The number of hydrogen-bond acceptors (Lipinski definition) is 1. The summed E-state index contributed by atoms with van der Waals surface area (Å²) in [5.74, 6) is -1.42. The lowest BCUT2D eigenvalue weighted by atomic mass is 9.85. The number of benzene rings is 2. The summed E-state index contributed by atoms with van der Waals surface area (Å²) < 4.78 is 14.6. The number of nitrogens with two attached hydrogens (primary N) is 2. The molecule has 25 heavy (non-hydrogen) atoms. The maximum Gasteiger partial charge on any atom is 0.280 e. The highest BCUT2D eigenvalue weighted by Crippen LogP contribution is 2.36. The van der Waals surface area contributed by atoms with Crippen molar-refractivity contribution in [2.75, 3.05) is 0 Å². The lowest BCUT2D eigenvalue weighted by Crippen LogP contribution is -2.24. The predicted octanol–water partition coefficient (Wildman–Crippen LogP) is 3.17. The molecule has 0 spiro atoms. The van der Waals surface area contributed by atoms with E-state index in [2.05, 4.69) is 9.84 Å². The number of rotatable bonds is 2. The van der Waals surface area contributed by atoms with Crippen molar-refractivity contribution in [2.45, 2.75) is 12.8 Å². The van der Waals surface area contributed by atoms with Gasteiger partial charge in [0, 0.05) is 11.1 Å². The number of aryl methyl sites for hydroxylation is 1. The number of hydrogen-bond donors (Lipinski definition) is 2. The first-order valence-electron chi connectivity index (χ1n) is 7.65. The normalized spacial score (nSPS) is 12.6. The molecule has 0 saturated heterocycles. The second-order valence-electron chi connectivity index (χ2n) is 5.62. The van der Waals surface area contributed by atoms with Gasteiger partial charge in [-0.3, -0.25) is 4.79 Å². The number of guanidine groups is 1. The smallest absolute Gasteiger partial charge is 0.280 e. The van der Waals surface area contributed by atoms with Crippen LogP contribution in [0.2, 0.25) is 0 Å². The molecule has 0 unspecified atom stereocenters. The number of amides is 1. The molecular weight excluding hydrogens is 319 g/mol. The molecule has 0 heterocycles. The van der Waals surface area contributed by atoms with Crippen molar-refractivity contribution >= 4 is 23.1 Å².